The lowest BCUT2D eigenvalue weighted by molar-refractivity contribution is -0.386. The number of hydrogen-bond donors (Lipinski definition) is 0. The molecular weight excluding hydrogens is 336 g/mol. The van der Waals surface area contributed by atoms with Crippen LogP contribution in [-0.4, -0.2) is 16.1 Å². The molecule has 0 spiro atoms. The first-order valence-corrected chi connectivity index (χ1v) is 7.92. The maximum Gasteiger partial charge on any atom is 0.332 e. The molecule has 0 saturated heterocycles. The first-order chi connectivity index (χ1) is 12.6. The van der Waals surface area contributed by atoms with E-state index in [1.165, 1.54) is 18.5 Å². The third kappa shape index (κ3) is 4.47. The molecule has 3 rings (SSSR count). The predicted molar refractivity (Wildman–Crippen MR) is 95.8 cm³/mol. The van der Waals surface area contributed by atoms with Crippen LogP contribution in [0.2, 0.25) is 0 Å². The molecule has 132 valence electrons. The summed E-state index contributed by atoms with van der Waals surface area (Å²) in [6.45, 7) is 0.683. The van der Waals surface area contributed by atoms with E-state index in [4.69, 9.17) is 9.47 Å². The molecule has 0 amide bonds. The van der Waals surface area contributed by atoms with Gasteiger partial charge in [0.25, 0.3) is 5.43 Å². The van der Waals surface area contributed by atoms with Crippen molar-refractivity contribution in [2.75, 3.05) is 6.61 Å². The van der Waals surface area contributed by atoms with Crippen LogP contribution < -0.4 is 14.9 Å². The molecule has 2 aromatic carbocycles. The van der Waals surface area contributed by atoms with Crippen molar-refractivity contribution in [3.05, 3.63) is 93.4 Å². The van der Waals surface area contributed by atoms with Crippen molar-refractivity contribution >= 4 is 5.69 Å². The van der Waals surface area contributed by atoms with Crippen LogP contribution in [0.4, 0.5) is 5.69 Å². The summed E-state index contributed by atoms with van der Waals surface area (Å²) in [5.74, 6) is 2.10. The number of rotatable bonds is 7. The van der Waals surface area contributed by atoms with Crippen LogP contribution in [0.25, 0.3) is 0 Å². The van der Waals surface area contributed by atoms with Gasteiger partial charge in [0.05, 0.1) is 17.7 Å². The molecule has 1 aromatic heterocycles. The number of ether oxygens (including phenoxy) is 2. The molecule has 3 aromatic rings. The second kappa shape index (κ2) is 7.98. The minimum Gasteiger partial charge on any atom is -0.492 e. The van der Waals surface area contributed by atoms with Gasteiger partial charge in [0, 0.05) is 12.3 Å². The molecule has 26 heavy (non-hydrogen) atoms. The third-order valence-corrected chi connectivity index (χ3v) is 3.58. The number of aromatic nitrogens is 1. The summed E-state index contributed by atoms with van der Waals surface area (Å²) in [6, 6.07) is 17.8. The number of nitrogens with zero attached hydrogens (tertiary/aromatic N) is 2. The Morgan fingerprint density at radius 1 is 0.923 bits per heavy atom. The molecule has 0 radical (unpaired) electrons. The molecule has 7 heteroatoms. The van der Waals surface area contributed by atoms with Crippen LogP contribution in [0.5, 0.6) is 17.2 Å². The zero-order valence-electron chi connectivity index (χ0n) is 13.8. The largest absolute Gasteiger partial charge is 0.492 e. The Hall–Kier alpha value is -3.61. The van der Waals surface area contributed by atoms with E-state index in [1.807, 2.05) is 30.3 Å². The third-order valence-electron chi connectivity index (χ3n) is 3.58. The number of para-hydroxylation sites is 1. The summed E-state index contributed by atoms with van der Waals surface area (Å²) >= 11 is 0. The molecule has 0 fully saturated rings. The molecular formula is C19H16N2O5. The number of nitro groups is 1. The fourth-order valence-corrected chi connectivity index (χ4v) is 2.29. The van der Waals surface area contributed by atoms with Crippen molar-refractivity contribution in [2.45, 2.75) is 6.54 Å². The minimum absolute atomic E-state index is 0.304. The quantitative estimate of drug-likeness (QED) is 0.479. The molecule has 0 saturated carbocycles. The first-order valence-electron chi connectivity index (χ1n) is 7.92. The van der Waals surface area contributed by atoms with Crippen LogP contribution in [-0.2, 0) is 6.54 Å². The van der Waals surface area contributed by atoms with Crippen molar-refractivity contribution in [1.82, 2.24) is 4.57 Å². The van der Waals surface area contributed by atoms with Gasteiger partial charge in [-0.05, 0) is 36.4 Å². The highest BCUT2D eigenvalue weighted by atomic mass is 16.6. The van der Waals surface area contributed by atoms with Gasteiger partial charge in [-0.3, -0.25) is 14.9 Å². The lowest BCUT2D eigenvalue weighted by Crippen LogP contribution is -2.14. The SMILES string of the molecule is O=c1ccn(CCOc2ccc(Oc3ccccc3)cc2)cc1[N+](=O)[O-]. The maximum atomic E-state index is 11.4. The lowest BCUT2D eigenvalue weighted by Gasteiger charge is -2.10. The Kier molecular flexibility index (Phi) is 5.28. The number of hydrogen-bond acceptors (Lipinski definition) is 5. The van der Waals surface area contributed by atoms with E-state index in [0.29, 0.717) is 24.7 Å². The normalized spacial score (nSPS) is 10.3. The zero-order valence-corrected chi connectivity index (χ0v) is 13.8. The van der Waals surface area contributed by atoms with E-state index in [-0.39, 0.29) is 0 Å². The van der Waals surface area contributed by atoms with Gasteiger partial charge in [0.1, 0.15) is 23.9 Å². The van der Waals surface area contributed by atoms with Crippen molar-refractivity contribution < 1.29 is 14.4 Å². The van der Waals surface area contributed by atoms with Gasteiger partial charge >= 0.3 is 5.69 Å². The van der Waals surface area contributed by atoms with Crippen molar-refractivity contribution in [3.8, 4) is 17.2 Å². The summed E-state index contributed by atoms with van der Waals surface area (Å²) < 4.78 is 12.9. The van der Waals surface area contributed by atoms with Gasteiger partial charge in [-0.15, -0.1) is 0 Å². The molecule has 7 nitrogen and oxygen atoms in total. The van der Waals surface area contributed by atoms with E-state index < -0.39 is 16.0 Å². The van der Waals surface area contributed by atoms with Gasteiger partial charge in [-0.2, -0.15) is 0 Å². The fraction of sp³-hybridized carbons (Fsp3) is 0.105. The average molecular weight is 352 g/mol. The Bertz CT molecular complexity index is 936. The first kappa shape index (κ1) is 17.2. The number of pyridine rings is 1. The highest BCUT2D eigenvalue weighted by molar-refractivity contribution is 5.35. The smallest absolute Gasteiger partial charge is 0.332 e. The maximum absolute atomic E-state index is 11.4. The monoisotopic (exact) mass is 352 g/mol. The molecule has 0 aliphatic rings. The van der Waals surface area contributed by atoms with E-state index in [2.05, 4.69) is 0 Å². The van der Waals surface area contributed by atoms with Gasteiger partial charge < -0.3 is 14.0 Å². The Morgan fingerprint density at radius 2 is 1.58 bits per heavy atom. The Balaban J connectivity index is 1.55. The highest BCUT2D eigenvalue weighted by Crippen LogP contribution is 2.23. The zero-order chi connectivity index (χ0) is 18.4. The second-order valence-corrected chi connectivity index (χ2v) is 5.42. The van der Waals surface area contributed by atoms with E-state index in [1.54, 1.807) is 28.8 Å². The summed E-state index contributed by atoms with van der Waals surface area (Å²) in [4.78, 5) is 21.5. The Morgan fingerprint density at radius 3 is 2.27 bits per heavy atom. The van der Waals surface area contributed by atoms with Crippen LogP contribution in [0.1, 0.15) is 0 Å². The highest BCUT2D eigenvalue weighted by Gasteiger charge is 2.11. The lowest BCUT2D eigenvalue weighted by atomic mass is 10.3. The standard InChI is InChI=1S/C19H16N2O5/c22-19-10-11-20(14-18(19)21(23)24)12-13-25-15-6-8-17(9-7-15)26-16-4-2-1-3-5-16/h1-11,14H,12-13H2. The second-order valence-electron chi connectivity index (χ2n) is 5.42. The topological polar surface area (TPSA) is 83.6 Å². The minimum atomic E-state index is -0.689. The van der Waals surface area contributed by atoms with Gasteiger partial charge in [-0.25, -0.2) is 0 Å². The van der Waals surface area contributed by atoms with E-state index in [9.17, 15) is 14.9 Å². The molecule has 1 heterocycles. The van der Waals surface area contributed by atoms with E-state index in [0.717, 1.165) is 5.75 Å². The molecule has 0 aliphatic heterocycles. The Labute approximate surface area is 149 Å². The molecule has 0 bridgehead atoms. The summed E-state index contributed by atoms with van der Waals surface area (Å²) in [7, 11) is 0. The molecule has 0 N–H and O–H groups in total. The molecule has 0 aliphatic carbocycles. The van der Waals surface area contributed by atoms with Gasteiger partial charge in [0.15, 0.2) is 0 Å². The van der Waals surface area contributed by atoms with Crippen molar-refractivity contribution in [1.29, 1.82) is 0 Å². The summed E-state index contributed by atoms with van der Waals surface area (Å²) in [6.07, 6.45) is 2.71. The summed E-state index contributed by atoms with van der Waals surface area (Å²) in [5, 5.41) is 10.8. The van der Waals surface area contributed by atoms with Crippen LogP contribution in [0.3, 0.4) is 0 Å². The van der Waals surface area contributed by atoms with Crippen LogP contribution in [0.15, 0.2) is 77.9 Å². The molecule has 0 atom stereocenters. The van der Waals surface area contributed by atoms with Crippen LogP contribution >= 0.6 is 0 Å². The van der Waals surface area contributed by atoms with Gasteiger partial charge in [-0.1, -0.05) is 18.2 Å². The van der Waals surface area contributed by atoms with Crippen molar-refractivity contribution in [2.24, 2.45) is 0 Å². The fourth-order valence-electron chi connectivity index (χ4n) is 2.29. The predicted octanol–water partition coefficient (Wildman–Crippen LogP) is 3.63. The average Bonchev–Trinajstić information content (AvgIpc) is 2.65. The van der Waals surface area contributed by atoms with Gasteiger partial charge in [0.2, 0.25) is 0 Å². The summed E-state index contributed by atoms with van der Waals surface area (Å²) in [5.41, 5.74) is -1.06. The molecule has 0 unspecified atom stereocenters. The number of benzene rings is 2. The van der Waals surface area contributed by atoms with Crippen LogP contribution in [0, 0.1) is 10.1 Å². The van der Waals surface area contributed by atoms with E-state index >= 15 is 0 Å². The van der Waals surface area contributed by atoms with Crippen molar-refractivity contribution in [3.63, 3.8) is 0 Å².